The summed E-state index contributed by atoms with van der Waals surface area (Å²) in [6.45, 7) is 12.5. The van der Waals surface area contributed by atoms with E-state index in [1.807, 2.05) is 0 Å². The zero-order valence-corrected chi connectivity index (χ0v) is 20.8. The molecule has 0 N–H and O–H groups in total. The highest BCUT2D eigenvalue weighted by atomic mass is 19.1. The molecule has 0 spiro atoms. The first-order chi connectivity index (χ1) is 18.0. The van der Waals surface area contributed by atoms with Crippen LogP contribution in [0.5, 0.6) is 5.75 Å². The Morgan fingerprint density at radius 2 is 1.45 bits per heavy atom. The number of nitrogens with zero attached hydrogens (tertiary/aromatic N) is 4. The molecule has 4 aromatic rings. The number of hydrogen-bond donors (Lipinski definition) is 0. The lowest BCUT2D eigenvalue weighted by Crippen LogP contribution is -2.23. The van der Waals surface area contributed by atoms with Crippen LogP contribution in [0.15, 0.2) is 48.5 Å². The molecule has 38 heavy (non-hydrogen) atoms. The lowest BCUT2D eigenvalue weighted by molar-refractivity contribution is 0.412. The average Bonchev–Trinajstić information content (AvgIpc) is 2.88. The van der Waals surface area contributed by atoms with Gasteiger partial charge in [-0.15, -0.1) is 0 Å². The zero-order valence-electron chi connectivity index (χ0n) is 20.8. The van der Waals surface area contributed by atoms with Crippen molar-refractivity contribution < 1.29 is 22.3 Å². The number of ether oxygens (including phenoxy) is 1. The van der Waals surface area contributed by atoms with Gasteiger partial charge in [-0.1, -0.05) is 0 Å². The molecule has 0 unspecified atom stereocenters. The van der Waals surface area contributed by atoms with Crippen molar-refractivity contribution in [1.82, 2.24) is 9.97 Å². The fraction of sp³-hybridized carbons (Fsp3) is 0.172. The van der Waals surface area contributed by atoms with E-state index in [-0.39, 0.29) is 22.5 Å². The lowest BCUT2D eigenvalue weighted by Gasteiger charge is -2.26. The number of halogens is 4. The molecule has 0 amide bonds. The normalized spacial score (nSPS) is 11.1. The molecular formula is C29H20F4N4O. The van der Waals surface area contributed by atoms with Gasteiger partial charge in [-0.25, -0.2) is 22.4 Å². The van der Waals surface area contributed by atoms with Gasteiger partial charge in [0.05, 0.1) is 36.5 Å². The van der Waals surface area contributed by atoms with Crippen LogP contribution in [0.2, 0.25) is 0 Å². The molecule has 2 aromatic heterocycles. The van der Waals surface area contributed by atoms with Gasteiger partial charge in [0.25, 0.3) is 5.69 Å². The van der Waals surface area contributed by atoms with E-state index in [0.717, 1.165) is 17.7 Å². The maximum atomic E-state index is 15.0. The van der Waals surface area contributed by atoms with E-state index < -0.39 is 39.9 Å². The lowest BCUT2D eigenvalue weighted by atomic mass is 9.83. The largest absolute Gasteiger partial charge is 0.497 e. The number of hydrogen-bond acceptors (Lipinski definition) is 4. The zero-order chi connectivity index (χ0) is 27.8. The van der Waals surface area contributed by atoms with Crippen molar-refractivity contribution in [1.29, 1.82) is 5.26 Å². The molecular weight excluding hydrogens is 496 g/mol. The number of nitriles is 1. The van der Waals surface area contributed by atoms with Gasteiger partial charge in [-0.05, 0) is 62.7 Å². The Kier molecular flexibility index (Phi) is 6.89. The summed E-state index contributed by atoms with van der Waals surface area (Å²) in [6, 6.07) is 12.4. The van der Waals surface area contributed by atoms with Crippen molar-refractivity contribution in [3.05, 3.63) is 106 Å². The second-order valence-electron chi connectivity index (χ2n) is 9.08. The molecule has 0 aliphatic rings. The average molecular weight is 516 g/mol. The Bertz CT molecular complexity index is 1670. The quantitative estimate of drug-likeness (QED) is 0.204. The minimum Gasteiger partial charge on any atom is -0.497 e. The van der Waals surface area contributed by atoms with Gasteiger partial charge in [0.2, 0.25) is 0 Å². The smallest absolute Gasteiger partial charge is 0.257 e. The van der Waals surface area contributed by atoms with Crippen LogP contribution in [0.1, 0.15) is 36.4 Å². The fourth-order valence-corrected chi connectivity index (χ4v) is 4.03. The summed E-state index contributed by atoms with van der Waals surface area (Å²) in [5.74, 6) is -3.67. The van der Waals surface area contributed by atoms with Crippen LogP contribution in [0.25, 0.3) is 27.4 Å². The molecule has 2 heterocycles. The number of benzene rings is 2. The number of aromatic nitrogens is 2. The molecule has 0 saturated heterocycles. The molecule has 0 aliphatic heterocycles. The van der Waals surface area contributed by atoms with Gasteiger partial charge in [0, 0.05) is 28.7 Å². The highest BCUT2D eigenvalue weighted by Gasteiger charge is 2.30. The fourth-order valence-electron chi connectivity index (χ4n) is 4.03. The molecule has 4 rings (SSSR count). The number of aryl methyl sites for hydroxylation is 1. The number of pyridine rings is 2. The van der Waals surface area contributed by atoms with Crippen LogP contribution in [-0.2, 0) is 5.41 Å². The molecule has 5 nitrogen and oxygen atoms in total. The predicted octanol–water partition coefficient (Wildman–Crippen LogP) is 7.43. The molecule has 0 fully saturated rings. The first-order valence-corrected chi connectivity index (χ1v) is 11.3. The molecule has 0 bridgehead atoms. The van der Waals surface area contributed by atoms with Crippen LogP contribution in [0.3, 0.4) is 0 Å². The van der Waals surface area contributed by atoms with E-state index >= 15 is 0 Å². The first kappa shape index (κ1) is 26.3. The Hall–Kier alpha value is -4.76. The van der Waals surface area contributed by atoms with Gasteiger partial charge >= 0.3 is 0 Å². The monoisotopic (exact) mass is 516 g/mol. The predicted molar refractivity (Wildman–Crippen MR) is 134 cm³/mol. The SMILES string of the molecule is [C-]#[N+]c1c(F)ccc(-c2cc(C)cc(C(C)(C)c3cc(OC)cc(-c4ccc(F)c(C#N)c4F)n3)n2)c1F. The highest BCUT2D eigenvalue weighted by Crippen LogP contribution is 2.37. The maximum Gasteiger partial charge on any atom is 0.257 e. The van der Waals surface area contributed by atoms with E-state index in [4.69, 9.17) is 11.3 Å². The highest BCUT2D eigenvalue weighted by molar-refractivity contribution is 5.69. The Morgan fingerprint density at radius 1 is 0.868 bits per heavy atom. The van der Waals surface area contributed by atoms with Crippen LogP contribution in [0, 0.1) is 48.1 Å². The van der Waals surface area contributed by atoms with Crippen molar-refractivity contribution in [2.75, 3.05) is 7.11 Å². The number of rotatable bonds is 5. The van der Waals surface area contributed by atoms with Crippen LogP contribution >= 0.6 is 0 Å². The van der Waals surface area contributed by atoms with Crippen LogP contribution < -0.4 is 4.74 Å². The van der Waals surface area contributed by atoms with Crippen molar-refractivity contribution >= 4 is 5.69 Å². The van der Waals surface area contributed by atoms with Gasteiger partial charge in [-0.2, -0.15) is 5.26 Å². The van der Waals surface area contributed by atoms with Gasteiger partial charge in [0.1, 0.15) is 34.8 Å². The second kappa shape index (κ2) is 9.95. The Balaban J connectivity index is 1.89. The topological polar surface area (TPSA) is 63.2 Å². The van der Waals surface area contributed by atoms with Crippen molar-refractivity contribution in [3.63, 3.8) is 0 Å². The standard InChI is InChI=1S/C29H20F4N4O/c1-15-10-22(18-7-9-21(31)28(35-4)27(18)33)36-24(11-15)29(2,3)25-13-16(38-5)12-23(37-25)17-6-8-20(30)19(14-34)26(17)32/h6-13H,1-3,5H3. The second-order valence-corrected chi connectivity index (χ2v) is 9.08. The maximum absolute atomic E-state index is 15.0. The Morgan fingerprint density at radius 3 is 2.05 bits per heavy atom. The Labute approximate surface area is 216 Å². The summed E-state index contributed by atoms with van der Waals surface area (Å²) >= 11 is 0. The summed E-state index contributed by atoms with van der Waals surface area (Å²) in [5.41, 5.74) is -0.616. The molecule has 0 aliphatic carbocycles. The minimum atomic E-state index is -1.05. The third-order valence-corrected chi connectivity index (χ3v) is 6.22. The molecule has 2 aromatic carbocycles. The first-order valence-electron chi connectivity index (χ1n) is 11.3. The van der Waals surface area contributed by atoms with E-state index in [2.05, 4.69) is 14.8 Å². The van der Waals surface area contributed by atoms with E-state index in [1.165, 1.54) is 31.4 Å². The van der Waals surface area contributed by atoms with Gasteiger partial charge < -0.3 is 4.74 Å². The molecule has 190 valence electrons. The van der Waals surface area contributed by atoms with Crippen molar-refractivity contribution in [2.45, 2.75) is 26.2 Å². The van der Waals surface area contributed by atoms with Crippen molar-refractivity contribution in [3.8, 4) is 34.3 Å². The summed E-state index contributed by atoms with van der Waals surface area (Å²) in [7, 11) is 1.42. The summed E-state index contributed by atoms with van der Waals surface area (Å²) < 4.78 is 63.2. The number of methoxy groups -OCH3 is 1. The summed E-state index contributed by atoms with van der Waals surface area (Å²) in [5, 5.41) is 9.17. The molecule has 0 saturated carbocycles. The molecule has 0 atom stereocenters. The van der Waals surface area contributed by atoms with E-state index in [9.17, 15) is 22.8 Å². The van der Waals surface area contributed by atoms with Gasteiger partial charge in [-0.3, -0.25) is 9.97 Å². The van der Waals surface area contributed by atoms with E-state index in [1.54, 1.807) is 39.0 Å². The summed E-state index contributed by atoms with van der Waals surface area (Å²) in [4.78, 5) is 12.2. The third-order valence-electron chi connectivity index (χ3n) is 6.22. The van der Waals surface area contributed by atoms with Crippen LogP contribution in [-0.4, -0.2) is 17.1 Å². The minimum absolute atomic E-state index is 0.0325. The molecule has 0 radical (unpaired) electrons. The van der Waals surface area contributed by atoms with E-state index in [0.29, 0.717) is 17.1 Å². The van der Waals surface area contributed by atoms with Crippen LogP contribution in [0.4, 0.5) is 23.2 Å². The van der Waals surface area contributed by atoms with Crippen molar-refractivity contribution in [2.24, 2.45) is 0 Å². The molecule has 9 heteroatoms. The third kappa shape index (κ3) is 4.55. The van der Waals surface area contributed by atoms with Gasteiger partial charge in [0.15, 0.2) is 5.82 Å². The summed E-state index contributed by atoms with van der Waals surface area (Å²) in [6.07, 6.45) is 0.